The molecule has 0 spiro atoms. The van der Waals surface area contributed by atoms with Crippen LogP contribution in [0.1, 0.15) is 12.0 Å². The van der Waals surface area contributed by atoms with Crippen LogP contribution in [-0.4, -0.2) is 12.0 Å². The Balaban J connectivity index is 1.49. The second-order valence-electron chi connectivity index (χ2n) is 5.27. The van der Waals surface area contributed by atoms with Gasteiger partial charge in [-0.3, -0.25) is 4.79 Å². The van der Waals surface area contributed by atoms with Crippen molar-refractivity contribution in [1.82, 2.24) is 0 Å². The Kier molecular flexibility index (Phi) is 3.77. The number of hydrogen-bond donors (Lipinski definition) is 2. The molecule has 0 saturated heterocycles. The number of nitrogen functional groups attached to an aromatic ring is 1. The maximum Gasteiger partial charge on any atom is 0.311 e. The van der Waals surface area contributed by atoms with Gasteiger partial charge in [0.2, 0.25) is 0 Å². The average molecular weight is 282 g/mol. The summed E-state index contributed by atoms with van der Waals surface area (Å²) in [6, 6.07) is 17.4. The molecule has 1 aliphatic carbocycles. The molecule has 1 aliphatic rings. The van der Waals surface area contributed by atoms with E-state index in [2.05, 4.69) is 5.32 Å². The zero-order chi connectivity index (χ0) is 14.7. The summed E-state index contributed by atoms with van der Waals surface area (Å²) < 4.78 is 5.34. The first-order chi connectivity index (χ1) is 10.2. The van der Waals surface area contributed by atoms with Crippen LogP contribution in [0, 0.1) is 5.92 Å². The fourth-order valence-electron chi connectivity index (χ4n) is 2.28. The normalized spacial score (nSPS) is 19.8. The van der Waals surface area contributed by atoms with Gasteiger partial charge in [0.1, 0.15) is 6.61 Å². The van der Waals surface area contributed by atoms with Crippen LogP contribution in [0.15, 0.2) is 54.6 Å². The average Bonchev–Trinajstić information content (AvgIpc) is 3.28. The van der Waals surface area contributed by atoms with Crippen LogP contribution in [0.4, 0.5) is 11.4 Å². The molecule has 21 heavy (non-hydrogen) atoms. The topological polar surface area (TPSA) is 64.3 Å². The molecule has 2 aromatic rings. The minimum Gasteiger partial charge on any atom is -0.461 e. The highest BCUT2D eigenvalue weighted by molar-refractivity contribution is 5.78. The zero-order valence-corrected chi connectivity index (χ0v) is 11.7. The summed E-state index contributed by atoms with van der Waals surface area (Å²) in [5.41, 5.74) is 8.45. The van der Waals surface area contributed by atoms with Gasteiger partial charge in [-0.25, -0.2) is 0 Å². The Bertz CT molecular complexity index is 628. The third-order valence-corrected chi connectivity index (χ3v) is 3.62. The van der Waals surface area contributed by atoms with E-state index in [0.29, 0.717) is 12.3 Å². The lowest BCUT2D eigenvalue weighted by Gasteiger charge is -2.08. The highest BCUT2D eigenvalue weighted by Crippen LogP contribution is 2.36. The molecule has 108 valence electrons. The van der Waals surface area contributed by atoms with Gasteiger partial charge in [-0.05, 0) is 24.1 Å². The van der Waals surface area contributed by atoms with Gasteiger partial charge >= 0.3 is 5.97 Å². The lowest BCUT2D eigenvalue weighted by atomic mass is 10.2. The summed E-state index contributed by atoms with van der Waals surface area (Å²) >= 11 is 0. The van der Waals surface area contributed by atoms with Gasteiger partial charge in [-0.1, -0.05) is 42.5 Å². The number of carbonyl (C=O) groups is 1. The van der Waals surface area contributed by atoms with E-state index in [1.807, 2.05) is 54.6 Å². The summed E-state index contributed by atoms with van der Waals surface area (Å²) in [5.74, 6) is -0.223. The molecule has 2 unspecified atom stereocenters. The van der Waals surface area contributed by atoms with Crippen LogP contribution >= 0.6 is 0 Å². The molecule has 0 aliphatic heterocycles. The fourth-order valence-corrected chi connectivity index (χ4v) is 2.28. The first-order valence-corrected chi connectivity index (χ1v) is 7.05. The molecule has 1 fully saturated rings. The largest absolute Gasteiger partial charge is 0.461 e. The van der Waals surface area contributed by atoms with Crippen molar-refractivity contribution in [3.05, 3.63) is 60.2 Å². The standard InChI is InChI=1S/C17H18N2O2/c18-14-8-4-5-9-15(14)19-16-10-13(16)17(20)21-11-12-6-2-1-3-7-12/h1-9,13,16,19H,10-11,18H2. The van der Waals surface area contributed by atoms with Gasteiger partial charge in [0, 0.05) is 6.04 Å². The zero-order valence-electron chi connectivity index (χ0n) is 11.7. The van der Waals surface area contributed by atoms with E-state index in [1.165, 1.54) is 0 Å². The van der Waals surface area contributed by atoms with Crippen molar-refractivity contribution < 1.29 is 9.53 Å². The van der Waals surface area contributed by atoms with Crippen molar-refractivity contribution in [1.29, 1.82) is 0 Å². The Labute approximate surface area is 123 Å². The summed E-state index contributed by atoms with van der Waals surface area (Å²) in [5, 5.41) is 3.29. The van der Waals surface area contributed by atoms with E-state index >= 15 is 0 Å². The molecule has 3 N–H and O–H groups in total. The number of nitrogens with one attached hydrogen (secondary N) is 1. The number of para-hydroxylation sites is 2. The fraction of sp³-hybridized carbons (Fsp3) is 0.235. The van der Waals surface area contributed by atoms with E-state index in [1.54, 1.807) is 0 Å². The van der Waals surface area contributed by atoms with Gasteiger partial charge in [0.15, 0.2) is 0 Å². The van der Waals surface area contributed by atoms with Crippen molar-refractivity contribution in [3.8, 4) is 0 Å². The number of benzene rings is 2. The van der Waals surface area contributed by atoms with Gasteiger partial charge in [-0.2, -0.15) is 0 Å². The summed E-state index contributed by atoms with van der Waals surface area (Å²) in [6.45, 7) is 0.330. The SMILES string of the molecule is Nc1ccccc1NC1CC1C(=O)OCc1ccccc1. The number of anilines is 2. The van der Waals surface area contributed by atoms with Crippen LogP contribution in [0.25, 0.3) is 0 Å². The summed E-state index contributed by atoms with van der Waals surface area (Å²) in [4.78, 5) is 12.0. The quantitative estimate of drug-likeness (QED) is 0.654. The predicted octanol–water partition coefficient (Wildman–Crippen LogP) is 2.81. The van der Waals surface area contributed by atoms with Crippen molar-refractivity contribution >= 4 is 17.3 Å². The predicted molar refractivity (Wildman–Crippen MR) is 82.6 cm³/mol. The Morgan fingerprint density at radius 2 is 1.86 bits per heavy atom. The van der Waals surface area contributed by atoms with Crippen molar-refractivity contribution in [2.75, 3.05) is 11.1 Å². The van der Waals surface area contributed by atoms with Crippen LogP contribution in [-0.2, 0) is 16.1 Å². The molecular weight excluding hydrogens is 264 g/mol. The van der Waals surface area contributed by atoms with Crippen molar-refractivity contribution in [2.24, 2.45) is 5.92 Å². The van der Waals surface area contributed by atoms with Gasteiger partial charge in [0.05, 0.1) is 17.3 Å². The second kappa shape index (κ2) is 5.87. The second-order valence-corrected chi connectivity index (χ2v) is 5.27. The first kappa shape index (κ1) is 13.5. The smallest absolute Gasteiger partial charge is 0.311 e. The number of ether oxygens (including phenoxy) is 1. The molecule has 4 heteroatoms. The molecule has 1 saturated carbocycles. The molecule has 0 amide bonds. The van der Waals surface area contributed by atoms with Crippen LogP contribution in [0.3, 0.4) is 0 Å². The minimum atomic E-state index is -0.147. The Morgan fingerprint density at radius 3 is 2.62 bits per heavy atom. The van der Waals surface area contributed by atoms with E-state index in [0.717, 1.165) is 17.7 Å². The van der Waals surface area contributed by atoms with Crippen LogP contribution < -0.4 is 11.1 Å². The van der Waals surface area contributed by atoms with E-state index < -0.39 is 0 Å². The molecule has 2 atom stereocenters. The highest BCUT2D eigenvalue weighted by Gasteiger charge is 2.44. The van der Waals surface area contributed by atoms with Crippen LogP contribution in [0.5, 0.6) is 0 Å². The van der Waals surface area contributed by atoms with Gasteiger partial charge in [0.25, 0.3) is 0 Å². The molecule has 3 rings (SSSR count). The monoisotopic (exact) mass is 282 g/mol. The maximum absolute atomic E-state index is 12.0. The molecule has 0 heterocycles. The molecule has 0 radical (unpaired) electrons. The third-order valence-electron chi connectivity index (χ3n) is 3.62. The molecule has 2 aromatic carbocycles. The van der Waals surface area contributed by atoms with E-state index in [9.17, 15) is 4.79 Å². The first-order valence-electron chi connectivity index (χ1n) is 7.05. The number of hydrogen-bond acceptors (Lipinski definition) is 4. The minimum absolute atomic E-state index is 0.0756. The highest BCUT2D eigenvalue weighted by atomic mass is 16.5. The lowest BCUT2D eigenvalue weighted by molar-refractivity contribution is -0.146. The van der Waals surface area contributed by atoms with Crippen molar-refractivity contribution in [2.45, 2.75) is 19.1 Å². The maximum atomic E-state index is 12.0. The Hall–Kier alpha value is -2.49. The van der Waals surface area contributed by atoms with Crippen molar-refractivity contribution in [3.63, 3.8) is 0 Å². The lowest BCUT2D eigenvalue weighted by Crippen LogP contribution is -2.14. The number of carbonyl (C=O) groups excluding carboxylic acids is 1. The number of rotatable bonds is 5. The van der Waals surface area contributed by atoms with E-state index in [-0.39, 0.29) is 17.9 Å². The number of esters is 1. The summed E-state index contributed by atoms with van der Waals surface area (Å²) in [7, 11) is 0. The van der Waals surface area contributed by atoms with Crippen LogP contribution in [0.2, 0.25) is 0 Å². The van der Waals surface area contributed by atoms with Gasteiger partial charge in [-0.15, -0.1) is 0 Å². The third kappa shape index (κ3) is 3.34. The Morgan fingerprint density at radius 1 is 1.14 bits per heavy atom. The molecule has 4 nitrogen and oxygen atoms in total. The number of nitrogens with two attached hydrogens (primary N) is 1. The summed E-state index contributed by atoms with van der Waals surface area (Å²) in [6.07, 6.45) is 0.794. The van der Waals surface area contributed by atoms with E-state index in [4.69, 9.17) is 10.5 Å². The van der Waals surface area contributed by atoms with Gasteiger partial charge < -0.3 is 15.8 Å². The molecule has 0 aromatic heterocycles. The molecule has 0 bridgehead atoms. The molecular formula is C17H18N2O2.